The Balaban J connectivity index is 4.33. The average molecular weight is 897 g/mol. The number of ether oxygens (including phenoxy) is 3. The summed E-state index contributed by atoms with van der Waals surface area (Å²) in [6.45, 7) is 6.53. The minimum Gasteiger partial charge on any atom is -0.462 e. The molecule has 0 radical (unpaired) electrons. The normalized spacial score (nSPS) is 12.4. The summed E-state index contributed by atoms with van der Waals surface area (Å²) in [7, 11) is 0. The summed E-state index contributed by atoms with van der Waals surface area (Å²) in [4.78, 5) is 38.0. The van der Waals surface area contributed by atoms with Crippen LogP contribution < -0.4 is 0 Å². The molecule has 0 aliphatic carbocycles. The van der Waals surface area contributed by atoms with Crippen LogP contribution in [-0.2, 0) is 28.6 Å². The molecule has 0 spiro atoms. The predicted octanol–water partition coefficient (Wildman–Crippen LogP) is 18.3. The van der Waals surface area contributed by atoms with Gasteiger partial charge in [-0.2, -0.15) is 0 Å². The van der Waals surface area contributed by atoms with E-state index in [4.69, 9.17) is 14.2 Å². The Labute approximate surface area is 397 Å². The van der Waals surface area contributed by atoms with E-state index in [9.17, 15) is 14.4 Å². The second-order valence-corrected chi connectivity index (χ2v) is 18.5. The molecule has 0 aromatic heterocycles. The van der Waals surface area contributed by atoms with Crippen molar-refractivity contribution >= 4 is 17.9 Å². The van der Waals surface area contributed by atoms with Crippen molar-refractivity contribution in [2.24, 2.45) is 0 Å². The zero-order valence-electron chi connectivity index (χ0n) is 42.6. The van der Waals surface area contributed by atoms with Gasteiger partial charge in [0.1, 0.15) is 13.2 Å². The molecular formula is C58H104O6. The van der Waals surface area contributed by atoms with Crippen molar-refractivity contribution in [1.29, 1.82) is 0 Å². The first-order chi connectivity index (χ1) is 31.5. The molecule has 64 heavy (non-hydrogen) atoms. The smallest absolute Gasteiger partial charge is 0.306 e. The van der Waals surface area contributed by atoms with Gasteiger partial charge >= 0.3 is 17.9 Å². The lowest BCUT2D eigenvalue weighted by molar-refractivity contribution is -0.167. The summed E-state index contributed by atoms with van der Waals surface area (Å²) in [6.07, 6.45) is 63.8. The lowest BCUT2D eigenvalue weighted by atomic mass is 10.1. The number of rotatable bonds is 50. The van der Waals surface area contributed by atoms with Crippen LogP contribution in [0.3, 0.4) is 0 Å². The van der Waals surface area contributed by atoms with Gasteiger partial charge in [-0.3, -0.25) is 14.4 Å². The van der Waals surface area contributed by atoms with Crippen molar-refractivity contribution in [1.82, 2.24) is 0 Å². The summed E-state index contributed by atoms with van der Waals surface area (Å²) < 4.78 is 16.8. The molecule has 0 rings (SSSR count). The molecule has 0 aromatic rings. The third kappa shape index (κ3) is 50.4. The van der Waals surface area contributed by atoms with Crippen molar-refractivity contribution in [2.45, 2.75) is 290 Å². The molecule has 372 valence electrons. The van der Waals surface area contributed by atoms with E-state index in [-0.39, 0.29) is 31.1 Å². The van der Waals surface area contributed by atoms with Gasteiger partial charge in [0.2, 0.25) is 0 Å². The molecule has 0 saturated carbocycles. The van der Waals surface area contributed by atoms with Crippen molar-refractivity contribution < 1.29 is 28.6 Å². The number of hydrogen-bond donors (Lipinski definition) is 0. The first-order valence-electron chi connectivity index (χ1n) is 27.6. The Morgan fingerprint density at radius 3 is 0.969 bits per heavy atom. The van der Waals surface area contributed by atoms with Crippen molar-refractivity contribution in [2.75, 3.05) is 13.2 Å². The van der Waals surface area contributed by atoms with Crippen LogP contribution in [-0.4, -0.2) is 37.2 Å². The molecule has 0 N–H and O–H groups in total. The summed E-state index contributed by atoms with van der Waals surface area (Å²) in [6, 6.07) is 0. The monoisotopic (exact) mass is 897 g/mol. The Morgan fingerprint density at radius 1 is 0.328 bits per heavy atom. The molecule has 1 unspecified atom stereocenters. The summed E-state index contributed by atoms with van der Waals surface area (Å²) in [5.74, 6) is -0.879. The van der Waals surface area contributed by atoms with E-state index in [1.54, 1.807) is 0 Å². The second kappa shape index (κ2) is 53.0. The molecule has 0 aromatic carbocycles. The highest BCUT2D eigenvalue weighted by Gasteiger charge is 2.19. The van der Waals surface area contributed by atoms with E-state index >= 15 is 0 Å². The molecule has 0 aliphatic heterocycles. The maximum Gasteiger partial charge on any atom is 0.306 e. The van der Waals surface area contributed by atoms with Crippen LogP contribution in [0.4, 0.5) is 0 Å². The molecule has 6 nitrogen and oxygen atoms in total. The van der Waals surface area contributed by atoms with Crippen LogP contribution in [0.15, 0.2) is 48.6 Å². The Bertz CT molecular complexity index is 1120. The third-order valence-corrected chi connectivity index (χ3v) is 12.1. The van der Waals surface area contributed by atoms with Gasteiger partial charge in [0.25, 0.3) is 0 Å². The maximum atomic E-state index is 12.8. The summed E-state index contributed by atoms with van der Waals surface area (Å²) in [5, 5.41) is 0. The number of carbonyl (C=O) groups is 3. The van der Waals surface area contributed by atoms with E-state index in [1.807, 2.05) is 0 Å². The van der Waals surface area contributed by atoms with Crippen LogP contribution in [0.1, 0.15) is 284 Å². The summed E-state index contributed by atoms with van der Waals surface area (Å²) >= 11 is 0. The number of esters is 3. The quantitative estimate of drug-likeness (QED) is 0.0262. The zero-order chi connectivity index (χ0) is 46.5. The van der Waals surface area contributed by atoms with Crippen LogP contribution in [0.5, 0.6) is 0 Å². The van der Waals surface area contributed by atoms with Crippen LogP contribution in [0.25, 0.3) is 0 Å². The highest BCUT2D eigenvalue weighted by molar-refractivity contribution is 5.71. The number of unbranched alkanes of at least 4 members (excludes halogenated alkanes) is 31. The SMILES string of the molecule is CC/C=C\C/C=C\C/C=C\CCCCCCCCCCCC(=O)OCC(COC(=O)CCCCCCCCCCCCC)OC(=O)CCCCCCC/C=C\CCCCCCCCC. The van der Waals surface area contributed by atoms with Crippen molar-refractivity contribution in [3.05, 3.63) is 48.6 Å². The second-order valence-electron chi connectivity index (χ2n) is 18.5. The Kier molecular flexibility index (Phi) is 50.8. The van der Waals surface area contributed by atoms with E-state index in [2.05, 4.69) is 69.4 Å². The van der Waals surface area contributed by atoms with Gasteiger partial charge in [-0.05, 0) is 77.0 Å². The fraction of sp³-hybridized carbons (Fsp3) is 0.810. The van der Waals surface area contributed by atoms with Gasteiger partial charge in [0.15, 0.2) is 6.10 Å². The molecular weight excluding hydrogens is 793 g/mol. The van der Waals surface area contributed by atoms with Gasteiger partial charge in [-0.25, -0.2) is 0 Å². The lowest BCUT2D eigenvalue weighted by Gasteiger charge is -2.18. The minimum absolute atomic E-state index is 0.0753. The standard InChI is InChI=1S/C58H104O6/c1-4-7-10-13-16-19-22-24-26-28-29-30-32-33-36-39-42-45-48-51-57(60)63-54-55(53-62-56(59)50-47-44-41-38-35-21-18-15-12-9-6-3)64-58(61)52-49-46-43-40-37-34-31-27-25-23-20-17-14-11-8-5-2/h7,10,16,19,24,26-27,31,55H,4-6,8-9,11-15,17-18,20-23,25,28-30,32-54H2,1-3H3/b10-7-,19-16-,26-24-,31-27-. The number of hydrogen-bond acceptors (Lipinski definition) is 6. The van der Waals surface area contributed by atoms with Gasteiger partial charge in [0.05, 0.1) is 0 Å². The van der Waals surface area contributed by atoms with Crippen LogP contribution in [0.2, 0.25) is 0 Å². The molecule has 0 heterocycles. The highest BCUT2D eigenvalue weighted by Crippen LogP contribution is 2.16. The predicted molar refractivity (Wildman–Crippen MR) is 275 cm³/mol. The van der Waals surface area contributed by atoms with Crippen molar-refractivity contribution in [3.63, 3.8) is 0 Å². The van der Waals surface area contributed by atoms with E-state index < -0.39 is 6.10 Å². The fourth-order valence-corrected chi connectivity index (χ4v) is 7.92. The molecule has 0 saturated heterocycles. The molecule has 0 fully saturated rings. The minimum atomic E-state index is -0.776. The molecule has 0 amide bonds. The topological polar surface area (TPSA) is 78.9 Å². The van der Waals surface area contributed by atoms with Gasteiger partial charge in [-0.1, -0.05) is 236 Å². The van der Waals surface area contributed by atoms with Crippen LogP contribution >= 0.6 is 0 Å². The van der Waals surface area contributed by atoms with Gasteiger partial charge in [-0.15, -0.1) is 0 Å². The Morgan fingerprint density at radius 2 is 0.609 bits per heavy atom. The highest BCUT2D eigenvalue weighted by atomic mass is 16.6. The molecule has 0 bridgehead atoms. The van der Waals surface area contributed by atoms with Crippen LogP contribution in [0, 0.1) is 0 Å². The zero-order valence-corrected chi connectivity index (χ0v) is 42.6. The van der Waals surface area contributed by atoms with E-state index in [1.165, 1.54) is 161 Å². The number of carbonyl (C=O) groups excluding carboxylic acids is 3. The molecule has 1 atom stereocenters. The largest absolute Gasteiger partial charge is 0.462 e. The van der Waals surface area contributed by atoms with E-state index in [0.29, 0.717) is 19.3 Å². The van der Waals surface area contributed by atoms with Crippen molar-refractivity contribution in [3.8, 4) is 0 Å². The Hall–Kier alpha value is -2.63. The first kappa shape index (κ1) is 61.4. The van der Waals surface area contributed by atoms with Gasteiger partial charge < -0.3 is 14.2 Å². The molecule has 6 heteroatoms. The lowest BCUT2D eigenvalue weighted by Crippen LogP contribution is -2.30. The number of allylic oxidation sites excluding steroid dienone is 8. The first-order valence-corrected chi connectivity index (χ1v) is 27.6. The third-order valence-electron chi connectivity index (χ3n) is 12.1. The van der Waals surface area contributed by atoms with E-state index in [0.717, 1.165) is 83.5 Å². The fourth-order valence-electron chi connectivity index (χ4n) is 7.92. The maximum absolute atomic E-state index is 12.8. The van der Waals surface area contributed by atoms with Gasteiger partial charge in [0, 0.05) is 19.3 Å². The summed E-state index contributed by atoms with van der Waals surface area (Å²) in [5.41, 5.74) is 0. The molecule has 0 aliphatic rings. The average Bonchev–Trinajstić information content (AvgIpc) is 3.29.